The second kappa shape index (κ2) is 8.17. The third-order valence-corrected chi connectivity index (χ3v) is 4.83. The minimum absolute atomic E-state index is 0.322. The summed E-state index contributed by atoms with van der Waals surface area (Å²) in [4.78, 5) is 4.73. The lowest BCUT2D eigenvalue weighted by atomic mass is 9.92. The molecule has 0 saturated heterocycles. The third kappa shape index (κ3) is 3.96. The van der Waals surface area contributed by atoms with E-state index in [1.54, 1.807) is 11.6 Å². The fraction of sp³-hybridized carbons (Fsp3) is 0.364. The summed E-state index contributed by atoms with van der Waals surface area (Å²) < 4.78 is 1.79. The number of hydrogen-bond donors (Lipinski definition) is 1. The van der Waals surface area contributed by atoms with Crippen molar-refractivity contribution in [3.63, 3.8) is 0 Å². The van der Waals surface area contributed by atoms with Crippen LogP contribution in [0.5, 0.6) is 0 Å². The normalized spacial score (nSPS) is 14.2. The predicted molar refractivity (Wildman–Crippen MR) is 109 cm³/mol. The van der Waals surface area contributed by atoms with Gasteiger partial charge in [0.25, 0.3) is 0 Å². The van der Waals surface area contributed by atoms with Crippen LogP contribution in [-0.4, -0.2) is 19.9 Å². The van der Waals surface area contributed by atoms with E-state index in [9.17, 15) is 5.11 Å². The topological polar surface area (TPSA) is 50.9 Å². The molecule has 0 atom stereocenters. The van der Waals surface area contributed by atoms with Gasteiger partial charge in [-0.2, -0.15) is 5.10 Å². The standard InChI is InChI=1S/C22H29N3O/c1-8-14(3)16(5)21(17(6)26)18-10-15(4)22(23-11-18)20(9-2)19-12-24-25(7)13-19/h9-13,26H,8H2,1-7H3/b16-14+,20-9-,21-17+. The van der Waals surface area contributed by atoms with Gasteiger partial charge in [-0.25, -0.2) is 0 Å². The molecular weight excluding hydrogens is 322 g/mol. The summed E-state index contributed by atoms with van der Waals surface area (Å²) in [6.45, 7) is 12.1. The first-order chi connectivity index (χ1) is 12.3. The van der Waals surface area contributed by atoms with Gasteiger partial charge in [0.05, 0.1) is 17.6 Å². The molecule has 0 unspecified atom stereocenters. The van der Waals surface area contributed by atoms with E-state index in [0.717, 1.165) is 45.5 Å². The van der Waals surface area contributed by atoms with Gasteiger partial charge >= 0.3 is 0 Å². The highest BCUT2D eigenvalue weighted by molar-refractivity contribution is 5.83. The third-order valence-electron chi connectivity index (χ3n) is 4.83. The van der Waals surface area contributed by atoms with E-state index in [2.05, 4.69) is 44.9 Å². The Morgan fingerprint density at radius 2 is 1.88 bits per heavy atom. The minimum Gasteiger partial charge on any atom is -0.512 e. The molecule has 2 rings (SSSR count). The Bertz CT molecular complexity index is 894. The molecule has 26 heavy (non-hydrogen) atoms. The summed E-state index contributed by atoms with van der Waals surface area (Å²) in [5.41, 5.74) is 8.30. The lowest BCUT2D eigenvalue weighted by Gasteiger charge is -2.15. The number of aryl methyl sites for hydroxylation is 2. The van der Waals surface area contributed by atoms with Gasteiger partial charge in [0, 0.05) is 41.7 Å². The zero-order chi connectivity index (χ0) is 19.4. The van der Waals surface area contributed by atoms with Crippen LogP contribution in [0.4, 0.5) is 0 Å². The maximum Gasteiger partial charge on any atom is 0.0973 e. The van der Waals surface area contributed by atoms with Gasteiger partial charge in [0.15, 0.2) is 0 Å². The first-order valence-corrected chi connectivity index (χ1v) is 8.99. The molecule has 0 aliphatic carbocycles. The van der Waals surface area contributed by atoms with Crippen molar-refractivity contribution < 1.29 is 5.11 Å². The molecule has 4 heteroatoms. The average molecular weight is 351 g/mol. The van der Waals surface area contributed by atoms with Crippen molar-refractivity contribution in [2.75, 3.05) is 0 Å². The Labute approximate surface area is 156 Å². The summed E-state index contributed by atoms with van der Waals surface area (Å²) in [6.07, 6.45) is 8.71. The average Bonchev–Trinajstić information content (AvgIpc) is 3.02. The highest BCUT2D eigenvalue weighted by Gasteiger charge is 2.15. The Balaban J connectivity index is 2.54. The van der Waals surface area contributed by atoms with Crippen molar-refractivity contribution in [2.45, 2.75) is 48.0 Å². The van der Waals surface area contributed by atoms with Gasteiger partial charge in [-0.05, 0) is 58.2 Å². The zero-order valence-corrected chi connectivity index (χ0v) is 16.9. The number of pyridine rings is 1. The maximum absolute atomic E-state index is 10.3. The smallest absolute Gasteiger partial charge is 0.0973 e. The molecule has 2 aromatic rings. The van der Waals surface area contributed by atoms with Crippen LogP contribution in [0, 0.1) is 6.92 Å². The number of allylic oxidation sites excluding steroid dienone is 5. The molecule has 0 spiro atoms. The Morgan fingerprint density at radius 3 is 2.35 bits per heavy atom. The number of aliphatic hydroxyl groups is 1. The van der Waals surface area contributed by atoms with E-state index in [0.29, 0.717) is 5.76 Å². The van der Waals surface area contributed by atoms with Crippen LogP contribution in [0.1, 0.15) is 63.4 Å². The van der Waals surface area contributed by atoms with Crippen molar-refractivity contribution in [3.05, 3.63) is 70.0 Å². The van der Waals surface area contributed by atoms with Crippen LogP contribution >= 0.6 is 0 Å². The van der Waals surface area contributed by atoms with Gasteiger partial charge in [-0.15, -0.1) is 0 Å². The lowest BCUT2D eigenvalue weighted by molar-refractivity contribution is 0.417. The SMILES string of the molecule is C/C=C(/c1cnn(C)c1)c1ncc(C(=C(\C)O)/C(C)=C(\C)CC)cc1C. The fourth-order valence-electron chi connectivity index (χ4n) is 3.17. The van der Waals surface area contributed by atoms with Crippen molar-refractivity contribution in [3.8, 4) is 0 Å². The van der Waals surface area contributed by atoms with E-state index in [1.165, 1.54) is 5.57 Å². The van der Waals surface area contributed by atoms with Gasteiger partial charge in [-0.3, -0.25) is 9.67 Å². The number of nitrogens with zero attached hydrogens (tertiary/aromatic N) is 3. The molecular formula is C22H29N3O. The van der Waals surface area contributed by atoms with E-state index in [-0.39, 0.29) is 0 Å². The van der Waals surface area contributed by atoms with Crippen LogP contribution in [0.2, 0.25) is 0 Å². The van der Waals surface area contributed by atoms with E-state index >= 15 is 0 Å². The molecule has 0 bridgehead atoms. The van der Waals surface area contributed by atoms with Crippen molar-refractivity contribution in [1.82, 2.24) is 14.8 Å². The molecule has 0 aliphatic rings. The second-order valence-electron chi connectivity index (χ2n) is 6.71. The van der Waals surface area contributed by atoms with Crippen molar-refractivity contribution in [1.29, 1.82) is 0 Å². The van der Waals surface area contributed by atoms with Crippen LogP contribution in [0.25, 0.3) is 11.1 Å². The minimum atomic E-state index is 0.322. The molecule has 0 fully saturated rings. The lowest BCUT2D eigenvalue weighted by Crippen LogP contribution is -2.00. The molecule has 4 nitrogen and oxygen atoms in total. The quantitative estimate of drug-likeness (QED) is 0.562. The van der Waals surface area contributed by atoms with Crippen LogP contribution in [0.3, 0.4) is 0 Å². The predicted octanol–water partition coefficient (Wildman–Crippen LogP) is 5.61. The highest BCUT2D eigenvalue weighted by atomic mass is 16.3. The first kappa shape index (κ1) is 19.7. The molecule has 0 aliphatic heterocycles. The number of aliphatic hydroxyl groups excluding tert-OH is 1. The van der Waals surface area contributed by atoms with E-state index < -0.39 is 0 Å². The second-order valence-corrected chi connectivity index (χ2v) is 6.71. The number of hydrogen-bond acceptors (Lipinski definition) is 3. The molecule has 0 radical (unpaired) electrons. The van der Waals surface area contributed by atoms with E-state index in [4.69, 9.17) is 4.98 Å². The molecule has 0 saturated carbocycles. The molecule has 0 aromatic carbocycles. The van der Waals surface area contributed by atoms with Crippen molar-refractivity contribution >= 4 is 11.1 Å². The van der Waals surface area contributed by atoms with Gasteiger partial charge in [0.2, 0.25) is 0 Å². The summed E-state index contributed by atoms with van der Waals surface area (Å²) in [7, 11) is 1.91. The summed E-state index contributed by atoms with van der Waals surface area (Å²) in [5, 5.41) is 14.5. The Morgan fingerprint density at radius 1 is 1.19 bits per heavy atom. The molecule has 1 N–H and O–H groups in total. The Hall–Kier alpha value is -2.62. The van der Waals surface area contributed by atoms with Crippen LogP contribution < -0.4 is 0 Å². The van der Waals surface area contributed by atoms with Crippen LogP contribution in [-0.2, 0) is 7.05 Å². The Kier molecular flexibility index (Phi) is 6.19. The molecule has 138 valence electrons. The molecule has 2 aromatic heterocycles. The van der Waals surface area contributed by atoms with Gasteiger partial charge in [0.1, 0.15) is 0 Å². The van der Waals surface area contributed by atoms with Crippen molar-refractivity contribution in [2.24, 2.45) is 7.05 Å². The summed E-state index contributed by atoms with van der Waals surface area (Å²) in [5.74, 6) is 0.322. The maximum atomic E-state index is 10.3. The summed E-state index contributed by atoms with van der Waals surface area (Å²) in [6, 6.07) is 2.10. The highest BCUT2D eigenvalue weighted by Crippen LogP contribution is 2.31. The number of rotatable bonds is 5. The van der Waals surface area contributed by atoms with Crippen LogP contribution in [0.15, 0.2) is 47.6 Å². The fourth-order valence-corrected chi connectivity index (χ4v) is 3.17. The largest absolute Gasteiger partial charge is 0.512 e. The number of aromatic nitrogens is 3. The molecule has 0 amide bonds. The monoisotopic (exact) mass is 351 g/mol. The first-order valence-electron chi connectivity index (χ1n) is 8.99. The zero-order valence-electron chi connectivity index (χ0n) is 16.9. The van der Waals surface area contributed by atoms with Gasteiger partial charge in [-0.1, -0.05) is 18.6 Å². The van der Waals surface area contributed by atoms with Gasteiger partial charge < -0.3 is 5.11 Å². The molecule has 2 heterocycles. The van der Waals surface area contributed by atoms with E-state index in [1.807, 2.05) is 32.6 Å². The summed E-state index contributed by atoms with van der Waals surface area (Å²) >= 11 is 0.